The van der Waals surface area contributed by atoms with Gasteiger partial charge in [-0.05, 0) is 25.8 Å². The summed E-state index contributed by atoms with van der Waals surface area (Å²) in [4.78, 5) is 0. The number of ether oxygens (including phenoxy) is 2. The molecule has 0 saturated carbocycles. The van der Waals surface area contributed by atoms with Gasteiger partial charge in [0.05, 0.1) is 12.3 Å². The molecular formula is C12H21N3O2. The zero-order valence-corrected chi connectivity index (χ0v) is 10.8. The molecule has 0 saturated heterocycles. The quantitative estimate of drug-likeness (QED) is 0.727. The first kappa shape index (κ1) is 13.9. The lowest BCUT2D eigenvalue weighted by Gasteiger charge is -2.12. The first-order valence-electron chi connectivity index (χ1n) is 5.94. The van der Waals surface area contributed by atoms with Crippen LogP contribution in [0.4, 0.5) is 0 Å². The van der Waals surface area contributed by atoms with Crippen LogP contribution >= 0.6 is 0 Å². The molecule has 0 radical (unpaired) electrons. The van der Waals surface area contributed by atoms with Crippen LogP contribution in [-0.2, 0) is 11.3 Å². The Bertz CT molecular complexity index is 356. The fourth-order valence-corrected chi connectivity index (χ4v) is 1.43. The molecule has 17 heavy (non-hydrogen) atoms. The van der Waals surface area contributed by atoms with Crippen LogP contribution in [0.2, 0.25) is 0 Å². The minimum atomic E-state index is 0.410. The number of aryl methyl sites for hydroxylation is 1. The van der Waals surface area contributed by atoms with Crippen LogP contribution in [0.1, 0.15) is 30.2 Å². The molecule has 2 N–H and O–H groups in total. The van der Waals surface area contributed by atoms with Crippen molar-refractivity contribution in [3.8, 4) is 5.88 Å². The molecule has 0 aliphatic heterocycles. The second kappa shape index (κ2) is 7.19. The first-order valence-corrected chi connectivity index (χ1v) is 5.94. The van der Waals surface area contributed by atoms with Gasteiger partial charge in [-0.25, -0.2) is 0 Å². The third kappa shape index (κ3) is 3.94. The zero-order chi connectivity index (χ0) is 12.7. The summed E-state index contributed by atoms with van der Waals surface area (Å²) in [5.74, 6) is 0.524. The van der Waals surface area contributed by atoms with Crippen LogP contribution in [0.5, 0.6) is 5.88 Å². The van der Waals surface area contributed by atoms with E-state index in [2.05, 4.69) is 17.1 Å². The molecule has 0 spiro atoms. The molecule has 1 heterocycles. The summed E-state index contributed by atoms with van der Waals surface area (Å²) < 4.78 is 10.9. The largest absolute Gasteiger partial charge is 0.474 e. The number of nitrogens with zero attached hydrogens (tertiary/aromatic N) is 2. The maximum Gasteiger partial charge on any atom is 0.238 e. The molecule has 5 heteroatoms. The Kier molecular flexibility index (Phi) is 5.86. The summed E-state index contributed by atoms with van der Waals surface area (Å²) in [6, 6.07) is 0. The molecule has 0 amide bonds. The number of aromatic nitrogens is 2. The number of nitrogens with two attached hydrogens (primary N) is 1. The Balaban J connectivity index is 2.56. The van der Waals surface area contributed by atoms with Gasteiger partial charge in [0.2, 0.25) is 5.88 Å². The lowest BCUT2D eigenvalue weighted by atomic mass is 10.1. The number of rotatable bonds is 7. The van der Waals surface area contributed by atoms with E-state index in [4.69, 9.17) is 15.2 Å². The topological polar surface area (TPSA) is 70.3 Å². The molecule has 0 bridgehead atoms. The van der Waals surface area contributed by atoms with Crippen LogP contribution in [-0.4, -0.2) is 30.0 Å². The van der Waals surface area contributed by atoms with Gasteiger partial charge in [-0.15, -0.1) is 5.10 Å². The van der Waals surface area contributed by atoms with Gasteiger partial charge in [-0.3, -0.25) is 0 Å². The van der Waals surface area contributed by atoms with Gasteiger partial charge in [0.25, 0.3) is 0 Å². The van der Waals surface area contributed by atoms with Crippen LogP contribution in [0, 0.1) is 13.8 Å². The van der Waals surface area contributed by atoms with Crippen molar-refractivity contribution < 1.29 is 9.47 Å². The zero-order valence-electron chi connectivity index (χ0n) is 10.8. The van der Waals surface area contributed by atoms with Gasteiger partial charge in [0, 0.05) is 18.7 Å². The van der Waals surface area contributed by atoms with Gasteiger partial charge in [0.1, 0.15) is 6.61 Å². The van der Waals surface area contributed by atoms with E-state index in [1.54, 1.807) is 0 Å². The molecular weight excluding hydrogens is 218 g/mol. The van der Waals surface area contributed by atoms with Crippen molar-refractivity contribution in [1.82, 2.24) is 10.2 Å². The minimum Gasteiger partial charge on any atom is -0.474 e. The van der Waals surface area contributed by atoms with E-state index in [0.29, 0.717) is 25.6 Å². The fourth-order valence-electron chi connectivity index (χ4n) is 1.43. The third-order valence-corrected chi connectivity index (χ3v) is 2.56. The molecule has 1 rings (SSSR count). The second-order valence-electron chi connectivity index (χ2n) is 3.86. The molecule has 1 aromatic heterocycles. The molecule has 1 aromatic rings. The van der Waals surface area contributed by atoms with Gasteiger partial charge < -0.3 is 15.2 Å². The van der Waals surface area contributed by atoms with Crippen LogP contribution < -0.4 is 10.5 Å². The number of hydrogen-bond donors (Lipinski definition) is 1. The maximum absolute atomic E-state index is 5.69. The van der Waals surface area contributed by atoms with E-state index in [-0.39, 0.29) is 0 Å². The Hall–Kier alpha value is -1.20. The van der Waals surface area contributed by atoms with Crippen LogP contribution in [0.15, 0.2) is 0 Å². The van der Waals surface area contributed by atoms with E-state index in [9.17, 15) is 0 Å². The summed E-state index contributed by atoms with van der Waals surface area (Å²) in [7, 11) is 0. The van der Waals surface area contributed by atoms with Crippen molar-refractivity contribution in [2.75, 3.05) is 19.8 Å². The molecule has 0 unspecified atom stereocenters. The lowest BCUT2D eigenvalue weighted by Crippen LogP contribution is -2.13. The fraction of sp³-hybridized carbons (Fsp3) is 0.667. The molecule has 0 aromatic carbocycles. The van der Waals surface area contributed by atoms with Crippen molar-refractivity contribution in [3.05, 3.63) is 16.8 Å². The SMILES string of the molecule is CCCOCCOc1nnc(C)c(C)c1CN. The smallest absolute Gasteiger partial charge is 0.238 e. The second-order valence-corrected chi connectivity index (χ2v) is 3.86. The summed E-state index contributed by atoms with van der Waals surface area (Å²) >= 11 is 0. The van der Waals surface area contributed by atoms with E-state index in [1.165, 1.54) is 0 Å². The van der Waals surface area contributed by atoms with E-state index < -0.39 is 0 Å². The normalized spacial score (nSPS) is 10.6. The van der Waals surface area contributed by atoms with Gasteiger partial charge in [-0.1, -0.05) is 6.92 Å². The van der Waals surface area contributed by atoms with Crippen LogP contribution in [0.3, 0.4) is 0 Å². The van der Waals surface area contributed by atoms with Crippen molar-refractivity contribution in [2.24, 2.45) is 5.73 Å². The van der Waals surface area contributed by atoms with Gasteiger partial charge in [0.15, 0.2) is 0 Å². The third-order valence-electron chi connectivity index (χ3n) is 2.56. The standard InChI is InChI=1S/C12H21N3O2/c1-4-5-16-6-7-17-12-11(8-13)9(2)10(3)14-15-12/h4-8,13H2,1-3H3. The highest BCUT2D eigenvalue weighted by Crippen LogP contribution is 2.19. The highest BCUT2D eigenvalue weighted by atomic mass is 16.5. The average Bonchev–Trinajstić information content (AvgIpc) is 2.33. The molecule has 0 aliphatic rings. The van der Waals surface area contributed by atoms with Gasteiger partial charge in [-0.2, -0.15) is 5.10 Å². The Morgan fingerprint density at radius 1 is 1.12 bits per heavy atom. The summed E-state index contributed by atoms with van der Waals surface area (Å²) in [5.41, 5.74) is 8.55. The predicted octanol–water partition coefficient (Wildman–Crippen LogP) is 1.36. The van der Waals surface area contributed by atoms with E-state index in [0.717, 1.165) is 29.8 Å². The monoisotopic (exact) mass is 239 g/mol. The summed E-state index contributed by atoms with van der Waals surface area (Å²) in [5, 5.41) is 8.05. The highest BCUT2D eigenvalue weighted by molar-refractivity contribution is 5.34. The molecule has 0 atom stereocenters. The molecule has 96 valence electrons. The molecule has 0 fully saturated rings. The maximum atomic E-state index is 5.69. The minimum absolute atomic E-state index is 0.410. The Morgan fingerprint density at radius 3 is 2.53 bits per heavy atom. The molecule has 5 nitrogen and oxygen atoms in total. The Morgan fingerprint density at radius 2 is 1.88 bits per heavy atom. The van der Waals surface area contributed by atoms with Crippen molar-refractivity contribution in [1.29, 1.82) is 0 Å². The highest BCUT2D eigenvalue weighted by Gasteiger charge is 2.10. The van der Waals surface area contributed by atoms with Crippen LogP contribution in [0.25, 0.3) is 0 Å². The van der Waals surface area contributed by atoms with Crippen molar-refractivity contribution in [3.63, 3.8) is 0 Å². The number of hydrogen-bond acceptors (Lipinski definition) is 5. The molecule has 0 aliphatic carbocycles. The van der Waals surface area contributed by atoms with Crippen molar-refractivity contribution in [2.45, 2.75) is 33.7 Å². The average molecular weight is 239 g/mol. The predicted molar refractivity (Wildman–Crippen MR) is 66.0 cm³/mol. The van der Waals surface area contributed by atoms with Gasteiger partial charge >= 0.3 is 0 Å². The first-order chi connectivity index (χ1) is 8.20. The summed E-state index contributed by atoms with van der Waals surface area (Å²) in [6.45, 7) is 8.17. The lowest BCUT2D eigenvalue weighted by molar-refractivity contribution is 0.0982. The Labute approximate surface area is 102 Å². The van der Waals surface area contributed by atoms with E-state index >= 15 is 0 Å². The van der Waals surface area contributed by atoms with E-state index in [1.807, 2.05) is 13.8 Å². The van der Waals surface area contributed by atoms with Crippen molar-refractivity contribution >= 4 is 0 Å². The summed E-state index contributed by atoms with van der Waals surface area (Å²) in [6.07, 6.45) is 1.01.